The number of hydrogen-bond acceptors (Lipinski definition) is 5. The highest BCUT2D eigenvalue weighted by atomic mass is 32.2. The molecular weight excluding hydrogens is 272 g/mol. The van der Waals surface area contributed by atoms with E-state index in [0.717, 1.165) is 12.1 Å². The van der Waals surface area contributed by atoms with Crippen molar-refractivity contribution in [2.45, 2.75) is 11.8 Å². The van der Waals surface area contributed by atoms with E-state index in [1.54, 1.807) is 6.92 Å². The number of aliphatic hydroxyl groups excluding tert-OH is 1. The molecule has 7 nitrogen and oxygen atoms in total. The van der Waals surface area contributed by atoms with E-state index in [-0.39, 0.29) is 35.2 Å². The maximum absolute atomic E-state index is 12.0. The molecule has 0 bridgehead atoms. The van der Waals surface area contributed by atoms with Crippen LogP contribution in [0.1, 0.15) is 17.3 Å². The fourth-order valence-electron chi connectivity index (χ4n) is 1.33. The van der Waals surface area contributed by atoms with E-state index in [4.69, 9.17) is 15.9 Å². The third-order valence-corrected chi connectivity index (χ3v) is 3.92. The normalized spacial score (nSPS) is 13.2. The lowest BCUT2D eigenvalue weighted by atomic mass is 10.2. The van der Waals surface area contributed by atoms with Gasteiger partial charge in [0.2, 0.25) is 10.0 Å². The van der Waals surface area contributed by atoms with Crippen LogP contribution in [0.2, 0.25) is 0 Å². The Morgan fingerprint density at radius 1 is 1.47 bits per heavy atom. The first-order valence-corrected chi connectivity index (χ1v) is 6.99. The van der Waals surface area contributed by atoms with Crippen molar-refractivity contribution >= 4 is 21.7 Å². The van der Waals surface area contributed by atoms with Crippen molar-refractivity contribution < 1.29 is 23.4 Å². The van der Waals surface area contributed by atoms with Gasteiger partial charge in [0.1, 0.15) is 0 Å². The highest BCUT2D eigenvalue weighted by Crippen LogP contribution is 2.19. The van der Waals surface area contributed by atoms with Gasteiger partial charge in [0.15, 0.2) is 0 Å². The van der Waals surface area contributed by atoms with Crippen molar-refractivity contribution in [2.24, 2.45) is 5.92 Å². The SMILES string of the molecule is CC(CO)CNS(=O)(=O)c1cc(N)ccc1C(=O)O. The number of rotatable bonds is 6. The average Bonchev–Trinajstić information content (AvgIpc) is 2.35. The van der Waals surface area contributed by atoms with Gasteiger partial charge in [-0.2, -0.15) is 0 Å². The van der Waals surface area contributed by atoms with Crippen molar-refractivity contribution in [3.8, 4) is 0 Å². The van der Waals surface area contributed by atoms with Crippen LogP contribution in [0.5, 0.6) is 0 Å². The molecule has 0 aliphatic heterocycles. The van der Waals surface area contributed by atoms with E-state index < -0.39 is 16.0 Å². The number of carbonyl (C=O) groups is 1. The number of aromatic carboxylic acids is 1. The minimum absolute atomic E-state index is 0.00664. The number of sulfonamides is 1. The van der Waals surface area contributed by atoms with Crippen molar-refractivity contribution in [2.75, 3.05) is 18.9 Å². The van der Waals surface area contributed by atoms with E-state index in [9.17, 15) is 13.2 Å². The Bertz CT molecular complexity index is 570. The zero-order valence-corrected chi connectivity index (χ0v) is 11.1. The van der Waals surface area contributed by atoms with Gasteiger partial charge >= 0.3 is 5.97 Å². The third-order valence-electron chi connectivity index (χ3n) is 2.46. The Morgan fingerprint density at radius 2 is 2.11 bits per heavy atom. The molecule has 0 radical (unpaired) electrons. The van der Waals surface area contributed by atoms with Crippen molar-refractivity contribution in [3.63, 3.8) is 0 Å². The number of hydrogen-bond donors (Lipinski definition) is 4. The maximum atomic E-state index is 12.0. The first kappa shape index (κ1) is 15.4. The monoisotopic (exact) mass is 288 g/mol. The van der Waals surface area contributed by atoms with Gasteiger partial charge < -0.3 is 15.9 Å². The lowest BCUT2D eigenvalue weighted by Gasteiger charge is -2.12. The number of benzene rings is 1. The molecule has 0 saturated heterocycles. The van der Waals surface area contributed by atoms with E-state index in [1.807, 2.05) is 0 Å². The minimum atomic E-state index is -3.99. The standard InChI is InChI=1S/C11H16N2O5S/c1-7(6-14)5-13-19(17,18)10-4-8(12)2-3-9(10)11(15)16/h2-4,7,13-14H,5-6,12H2,1H3,(H,15,16). The summed E-state index contributed by atoms with van der Waals surface area (Å²) in [5.41, 5.74) is 5.29. The zero-order chi connectivity index (χ0) is 14.6. The Hall–Kier alpha value is -1.64. The quantitative estimate of drug-likeness (QED) is 0.540. The molecule has 5 N–H and O–H groups in total. The third kappa shape index (κ3) is 3.91. The zero-order valence-electron chi connectivity index (χ0n) is 10.3. The number of carboxylic acids is 1. The first-order valence-electron chi connectivity index (χ1n) is 5.51. The van der Waals surface area contributed by atoms with Crippen LogP contribution < -0.4 is 10.5 Å². The van der Waals surface area contributed by atoms with Crippen LogP contribution >= 0.6 is 0 Å². The second-order valence-corrected chi connectivity index (χ2v) is 5.94. The van der Waals surface area contributed by atoms with Crippen molar-refractivity contribution in [3.05, 3.63) is 23.8 Å². The number of nitrogens with one attached hydrogen (secondary N) is 1. The summed E-state index contributed by atoms with van der Waals surface area (Å²) in [4.78, 5) is 10.6. The fourth-order valence-corrected chi connectivity index (χ4v) is 2.73. The Balaban J connectivity index is 3.13. The van der Waals surface area contributed by atoms with Crippen LogP contribution in [0, 0.1) is 5.92 Å². The average molecular weight is 288 g/mol. The lowest BCUT2D eigenvalue weighted by molar-refractivity contribution is 0.0692. The highest BCUT2D eigenvalue weighted by Gasteiger charge is 2.22. The van der Waals surface area contributed by atoms with Crippen molar-refractivity contribution in [1.82, 2.24) is 4.72 Å². The molecule has 0 fully saturated rings. The molecule has 0 heterocycles. The Morgan fingerprint density at radius 3 is 2.63 bits per heavy atom. The van der Waals surface area contributed by atoms with Crippen LogP contribution in [0.4, 0.5) is 5.69 Å². The lowest BCUT2D eigenvalue weighted by Crippen LogP contribution is -2.30. The van der Waals surface area contributed by atoms with Gasteiger partial charge in [-0.05, 0) is 24.1 Å². The molecule has 0 aromatic heterocycles. The molecule has 0 saturated carbocycles. The summed E-state index contributed by atoms with van der Waals surface area (Å²) in [6, 6.07) is 3.55. The van der Waals surface area contributed by atoms with Gasteiger partial charge in [-0.3, -0.25) is 0 Å². The summed E-state index contributed by atoms with van der Waals surface area (Å²) < 4.78 is 26.3. The van der Waals surface area contributed by atoms with Crippen LogP contribution in [0.15, 0.2) is 23.1 Å². The smallest absolute Gasteiger partial charge is 0.337 e. The molecule has 1 unspecified atom stereocenters. The van der Waals surface area contributed by atoms with E-state index in [2.05, 4.69) is 4.72 Å². The van der Waals surface area contributed by atoms with Gasteiger partial charge in [-0.15, -0.1) is 0 Å². The molecule has 106 valence electrons. The fraction of sp³-hybridized carbons (Fsp3) is 0.364. The Kier molecular flexibility index (Phi) is 4.87. The van der Waals surface area contributed by atoms with Gasteiger partial charge in [0, 0.05) is 18.8 Å². The predicted octanol–water partition coefficient (Wildman–Crippen LogP) is -0.126. The highest BCUT2D eigenvalue weighted by molar-refractivity contribution is 7.89. The maximum Gasteiger partial charge on any atom is 0.337 e. The number of nitrogen functional groups attached to an aromatic ring is 1. The van der Waals surface area contributed by atoms with Crippen LogP contribution in [0.25, 0.3) is 0 Å². The Labute approximate surface area is 111 Å². The molecule has 19 heavy (non-hydrogen) atoms. The first-order chi connectivity index (χ1) is 8.77. The summed E-state index contributed by atoms with van der Waals surface area (Å²) in [5.74, 6) is -1.63. The molecule has 0 aliphatic rings. The molecular formula is C11H16N2O5S. The largest absolute Gasteiger partial charge is 0.478 e. The molecule has 1 atom stereocenters. The summed E-state index contributed by atoms with van der Waals surface area (Å²) in [6.45, 7) is 1.48. The number of carboxylic acid groups (broad SMARTS) is 1. The summed E-state index contributed by atoms with van der Waals surface area (Å²) in [7, 11) is -3.99. The minimum Gasteiger partial charge on any atom is -0.478 e. The summed E-state index contributed by atoms with van der Waals surface area (Å²) in [6.07, 6.45) is 0. The summed E-state index contributed by atoms with van der Waals surface area (Å²) >= 11 is 0. The van der Waals surface area contributed by atoms with Gasteiger partial charge in [0.25, 0.3) is 0 Å². The predicted molar refractivity (Wildman–Crippen MR) is 69.3 cm³/mol. The molecule has 1 aromatic carbocycles. The molecule has 0 aliphatic carbocycles. The molecule has 0 spiro atoms. The van der Waals surface area contributed by atoms with Gasteiger partial charge in [-0.25, -0.2) is 17.9 Å². The molecule has 1 aromatic rings. The number of anilines is 1. The molecule has 8 heteroatoms. The van der Waals surface area contributed by atoms with Crippen LogP contribution in [-0.4, -0.2) is 37.8 Å². The van der Waals surface area contributed by atoms with Crippen LogP contribution in [-0.2, 0) is 10.0 Å². The topological polar surface area (TPSA) is 130 Å². The van der Waals surface area contributed by atoms with E-state index >= 15 is 0 Å². The second-order valence-electron chi connectivity index (χ2n) is 4.20. The van der Waals surface area contributed by atoms with Gasteiger partial charge in [0.05, 0.1) is 10.5 Å². The number of nitrogens with two attached hydrogens (primary N) is 1. The molecule has 1 rings (SSSR count). The molecule has 0 amide bonds. The van der Waals surface area contributed by atoms with Gasteiger partial charge in [-0.1, -0.05) is 6.92 Å². The number of aliphatic hydroxyl groups is 1. The van der Waals surface area contributed by atoms with Crippen molar-refractivity contribution in [1.29, 1.82) is 0 Å². The van der Waals surface area contributed by atoms with Crippen LogP contribution in [0.3, 0.4) is 0 Å². The van der Waals surface area contributed by atoms with E-state index in [1.165, 1.54) is 6.07 Å². The second kappa shape index (κ2) is 6.00. The van der Waals surface area contributed by atoms with E-state index in [0.29, 0.717) is 0 Å². The summed E-state index contributed by atoms with van der Waals surface area (Å²) in [5, 5.41) is 17.8.